The van der Waals surface area contributed by atoms with Gasteiger partial charge in [-0.25, -0.2) is 4.98 Å². The Morgan fingerprint density at radius 2 is 2.06 bits per heavy atom. The first kappa shape index (κ1) is 11.8. The van der Waals surface area contributed by atoms with E-state index in [1.54, 1.807) is 24.3 Å². The topological polar surface area (TPSA) is 56.0 Å². The van der Waals surface area contributed by atoms with E-state index in [9.17, 15) is 10.1 Å². The summed E-state index contributed by atoms with van der Waals surface area (Å²) >= 11 is 11.7. The summed E-state index contributed by atoms with van der Waals surface area (Å²) < 4.78 is 0. The molecule has 0 spiro atoms. The number of halogens is 2. The van der Waals surface area contributed by atoms with E-state index < -0.39 is 4.92 Å². The summed E-state index contributed by atoms with van der Waals surface area (Å²) in [6.45, 7) is 0. The van der Waals surface area contributed by atoms with Crippen LogP contribution in [0.5, 0.6) is 0 Å². The lowest BCUT2D eigenvalue weighted by atomic mass is 10.1. The molecule has 6 heteroatoms. The maximum atomic E-state index is 10.2. The minimum Gasteiger partial charge on any atom is -0.259 e. The van der Waals surface area contributed by atoms with Crippen LogP contribution >= 0.6 is 23.2 Å². The van der Waals surface area contributed by atoms with E-state index in [0.717, 1.165) is 11.6 Å². The van der Waals surface area contributed by atoms with Crippen LogP contribution in [0.2, 0.25) is 10.2 Å². The number of benzene rings is 1. The molecule has 0 N–H and O–H groups in total. The molecule has 0 bridgehead atoms. The molecule has 0 unspecified atom stereocenters. The minimum absolute atomic E-state index is 0.206. The van der Waals surface area contributed by atoms with Gasteiger partial charge in [-0.3, -0.25) is 10.1 Å². The third-order valence-corrected chi connectivity index (χ3v) is 2.67. The number of pyridine rings is 1. The zero-order chi connectivity index (χ0) is 12.4. The van der Waals surface area contributed by atoms with Crippen LogP contribution in [0.25, 0.3) is 17.0 Å². The van der Waals surface area contributed by atoms with Crippen molar-refractivity contribution in [2.75, 3.05) is 0 Å². The summed E-state index contributed by atoms with van der Waals surface area (Å²) in [7, 11) is 0. The van der Waals surface area contributed by atoms with Crippen LogP contribution < -0.4 is 0 Å². The van der Waals surface area contributed by atoms with Crippen molar-refractivity contribution < 1.29 is 4.92 Å². The highest BCUT2D eigenvalue weighted by molar-refractivity contribution is 6.32. The maximum Gasteiger partial charge on any atom is 0.235 e. The average molecular weight is 269 g/mol. The van der Waals surface area contributed by atoms with E-state index in [0.29, 0.717) is 16.1 Å². The molecule has 2 rings (SSSR count). The first-order valence-corrected chi connectivity index (χ1v) is 5.39. The molecule has 0 saturated carbocycles. The average Bonchev–Trinajstić information content (AvgIpc) is 2.26. The highest BCUT2D eigenvalue weighted by atomic mass is 35.5. The van der Waals surface area contributed by atoms with Crippen LogP contribution in [-0.4, -0.2) is 9.91 Å². The van der Waals surface area contributed by atoms with Gasteiger partial charge >= 0.3 is 0 Å². The van der Waals surface area contributed by atoms with Gasteiger partial charge in [-0.1, -0.05) is 29.3 Å². The van der Waals surface area contributed by atoms with Gasteiger partial charge in [-0.05, 0) is 18.2 Å². The number of nitrogens with zero attached hydrogens (tertiary/aromatic N) is 2. The van der Waals surface area contributed by atoms with Crippen LogP contribution in [-0.2, 0) is 0 Å². The van der Waals surface area contributed by atoms with Crippen molar-refractivity contribution in [3.8, 4) is 0 Å². The first-order valence-electron chi connectivity index (χ1n) is 4.64. The largest absolute Gasteiger partial charge is 0.259 e. The predicted octanol–water partition coefficient (Wildman–Crippen LogP) is 3.79. The Bertz CT molecular complexity index is 626. The minimum atomic E-state index is -0.553. The van der Waals surface area contributed by atoms with Gasteiger partial charge in [0, 0.05) is 22.0 Å². The number of hydrogen-bond donors (Lipinski definition) is 0. The maximum absolute atomic E-state index is 10.2. The molecule has 0 aliphatic heterocycles. The Kier molecular flexibility index (Phi) is 3.26. The predicted molar refractivity (Wildman–Crippen MR) is 67.8 cm³/mol. The highest BCUT2D eigenvalue weighted by Gasteiger charge is 2.04. The van der Waals surface area contributed by atoms with Gasteiger partial charge in [0.25, 0.3) is 0 Å². The summed E-state index contributed by atoms with van der Waals surface area (Å²) in [5.41, 5.74) is 1.15. The molecule has 86 valence electrons. The molecule has 1 aromatic heterocycles. The zero-order valence-electron chi connectivity index (χ0n) is 8.43. The van der Waals surface area contributed by atoms with E-state index in [-0.39, 0.29) is 5.15 Å². The van der Waals surface area contributed by atoms with E-state index in [1.807, 2.05) is 0 Å². The van der Waals surface area contributed by atoms with Crippen LogP contribution in [0.1, 0.15) is 5.56 Å². The smallest absolute Gasteiger partial charge is 0.235 e. The van der Waals surface area contributed by atoms with Crippen molar-refractivity contribution in [1.82, 2.24) is 4.98 Å². The quantitative estimate of drug-likeness (QED) is 0.473. The summed E-state index contributed by atoms with van der Waals surface area (Å²) in [6, 6.07) is 6.91. The number of rotatable bonds is 2. The van der Waals surface area contributed by atoms with Gasteiger partial charge in [0.2, 0.25) is 6.20 Å². The van der Waals surface area contributed by atoms with Crippen molar-refractivity contribution in [3.05, 3.63) is 56.3 Å². The van der Waals surface area contributed by atoms with Crippen molar-refractivity contribution in [1.29, 1.82) is 0 Å². The number of fused-ring (bicyclic) bond motifs is 1. The Morgan fingerprint density at radius 3 is 2.76 bits per heavy atom. The van der Waals surface area contributed by atoms with Crippen LogP contribution in [0.4, 0.5) is 0 Å². The van der Waals surface area contributed by atoms with Gasteiger partial charge in [0.05, 0.1) is 10.4 Å². The monoisotopic (exact) mass is 268 g/mol. The summed E-state index contributed by atoms with van der Waals surface area (Å²) in [4.78, 5) is 13.8. The second-order valence-electron chi connectivity index (χ2n) is 3.31. The molecule has 2 aromatic rings. The molecule has 1 aromatic carbocycles. The van der Waals surface area contributed by atoms with Crippen molar-refractivity contribution >= 4 is 40.2 Å². The molecule has 0 amide bonds. The number of hydrogen-bond acceptors (Lipinski definition) is 3. The third-order valence-electron chi connectivity index (χ3n) is 2.14. The molecule has 0 atom stereocenters. The third kappa shape index (κ3) is 2.72. The van der Waals surface area contributed by atoms with Gasteiger partial charge < -0.3 is 0 Å². The van der Waals surface area contributed by atoms with Gasteiger partial charge in [-0.2, -0.15) is 0 Å². The van der Waals surface area contributed by atoms with E-state index >= 15 is 0 Å². The molecule has 17 heavy (non-hydrogen) atoms. The zero-order valence-corrected chi connectivity index (χ0v) is 9.94. The van der Waals surface area contributed by atoms with Crippen LogP contribution in [0.3, 0.4) is 0 Å². The summed E-state index contributed by atoms with van der Waals surface area (Å²) in [5.74, 6) is 0. The summed E-state index contributed by atoms with van der Waals surface area (Å²) in [5, 5.41) is 11.8. The first-order chi connectivity index (χ1) is 8.06. The molecular weight excluding hydrogens is 263 g/mol. The standard InChI is InChI=1S/C11H6Cl2N2O2/c12-9-2-1-7-5-8(3-4-15(16)17)11(13)14-10(7)6-9/h1-6H/b4-3+. The highest BCUT2D eigenvalue weighted by Crippen LogP contribution is 2.24. The Balaban J connectivity index is 2.55. The number of nitro groups is 1. The van der Waals surface area contributed by atoms with Crippen molar-refractivity contribution in [3.63, 3.8) is 0 Å². The molecule has 0 saturated heterocycles. The molecule has 0 fully saturated rings. The molecule has 0 radical (unpaired) electrons. The van der Waals surface area contributed by atoms with Crippen LogP contribution in [0, 0.1) is 10.1 Å². The normalized spacial score (nSPS) is 11.2. The Morgan fingerprint density at radius 1 is 1.29 bits per heavy atom. The fourth-order valence-electron chi connectivity index (χ4n) is 1.39. The SMILES string of the molecule is O=[N+]([O-])/C=C/c1cc2ccc(Cl)cc2nc1Cl. The Labute approximate surface area is 107 Å². The van der Waals surface area contributed by atoms with Crippen molar-refractivity contribution in [2.45, 2.75) is 0 Å². The van der Waals surface area contributed by atoms with Crippen LogP contribution in [0.15, 0.2) is 30.5 Å². The molecule has 0 aliphatic rings. The van der Waals surface area contributed by atoms with Gasteiger partial charge in [0.1, 0.15) is 5.15 Å². The van der Waals surface area contributed by atoms with Gasteiger partial charge in [0.15, 0.2) is 0 Å². The molecule has 0 aliphatic carbocycles. The fraction of sp³-hybridized carbons (Fsp3) is 0. The molecular formula is C11H6Cl2N2O2. The second-order valence-corrected chi connectivity index (χ2v) is 4.10. The Hall–Kier alpha value is -1.65. The summed E-state index contributed by atoms with van der Waals surface area (Å²) in [6.07, 6.45) is 2.13. The lowest BCUT2D eigenvalue weighted by Gasteiger charge is -2.01. The number of aromatic nitrogens is 1. The lowest BCUT2D eigenvalue weighted by Crippen LogP contribution is -1.87. The molecule has 4 nitrogen and oxygen atoms in total. The van der Waals surface area contributed by atoms with Gasteiger partial charge in [-0.15, -0.1) is 0 Å². The van der Waals surface area contributed by atoms with E-state index in [1.165, 1.54) is 6.08 Å². The second kappa shape index (κ2) is 4.69. The van der Waals surface area contributed by atoms with E-state index in [2.05, 4.69) is 4.98 Å². The lowest BCUT2D eigenvalue weighted by molar-refractivity contribution is -0.400. The molecule has 1 heterocycles. The van der Waals surface area contributed by atoms with Crippen molar-refractivity contribution in [2.24, 2.45) is 0 Å². The van der Waals surface area contributed by atoms with E-state index in [4.69, 9.17) is 23.2 Å². The fourth-order valence-corrected chi connectivity index (χ4v) is 1.77.